The van der Waals surface area contributed by atoms with Gasteiger partial charge in [0, 0.05) is 0 Å². The van der Waals surface area contributed by atoms with Crippen LogP contribution in [0.2, 0.25) is 0 Å². The van der Waals surface area contributed by atoms with Gasteiger partial charge in [-0.05, 0) is 26.3 Å². The van der Waals surface area contributed by atoms with Gasteiger partial charge >= 0.3 is 5.97 Å². The molecular formula is C17H26N2O6S. The molecule has 9 heteroatoms. The van der Waals surface area contributed by atoms with E-state index >= 15 is 0 Å². The van der Waals surface area contributed by atoms with Crippen molar-refractivity contribution in [2.24, 2.45) is 5.92 Å². The second-order valence-electron chi connectivity index (χ2n) is 6.14. The van der Waals surface area contributed by atoms with E-state index in [0.717, 1.165) is 0 Å². The number of ether oxygens (including phenoxy) is 1. The summed E-state index contributed by atoms with van der Waals surface area (Å²) < 4.78 is 31.1. The van der Waals surface area contributed by atoms with Gasteiger partial charge in [0.1, 0.15) is 0 Å². The normalized spacial score (nSPS) is 14.0. The lowest BCUT2D eigenvalue weighted by molar-refractivity contribution is -0.142. The molecule has 0 saturated heterocycles. The molecule has 2 atom stereocenters. The summed E-state index contributed by atoms with van der Waals surface area (Å²) in [7, 11) is -3.66. The highest BCUT2D eigenvalue weighted by Gasteiger charge is 2.27. The Hall–Kier alpha value is -1.97. The molecule has 0 bridgehead atoms. The van der Waals surface area contributed by atoms with E-state index in [1.165, 1.54) is 6.92 Å². The number of carbonyl (C=O) groups is 2. The van der Waals surface area contributed by atoms with Crippen LogP contribution in [0.15, 0.2) is 30.3 Å². The largest absolute Gasteiger partial charge is 0.481 e. The summed E-state index contributed by atoms with van der Waals surface area (Å²) in [6.07, 6.45) is -0.0855. The number of hydrogen-bond acceptors (Lipinski definition) is 5. The fourth-order valence-electron chi connectivity index (χ4n) is 2.17. The van der Waals surface area contributed by atoms with Gasteiger partial charge in [0.15, 0.2) is 0 Å². The van der Waals surface area contributed by atoms with Crippen molar-refractivity contribution >= 4 is 21.9 Å². The third kappa shape index (κ3) is 7.94. The predicted octanol–water partition coefficient (Wildman–Crippen LogP) is 0.909. The van der Waals surface area contributed by atoms with Crippen LogP contribution in [0.25, 0.3) is 0 Å². The quantitative estimate of drug-likeness (QED) is 0.520. The molecule has 2 unspecified atom stereocenters. The Labute approximate surface area is 154 Å². The van der Waals surface area contributed by atoms with Crippen molar-refractivity contribution in [1.82, 2.24) is 10.0 Å². The van der Waals surface area contributed by atoms with Gasteiger partial charge in [0.25, 0.3) is 0 Å². The summed E-state index contributed by atoms with van der Waals surface area (Å²) in [4.78, 5) is 23.4. The minimum Gasteiger partial charge on any atom is -0.481 e. The fraction of sp³-hybridized carbons (Fsp3) is 0.529. The Balaban J connectivity index is 2.66. The Kier molecular flexibility index (Phi) is 8.70. The zero-order chi connectivity index (χ0) is 19.7. The Morgan fingerprint density at radius 1 is 1.15 bits per heavy atom. The van der Waals surface area contributed by atoms with Crippen LogP contribution >= 0.6 is 0 Å². The second kappa shape index (κ2) is 10.2. The van der Waals surface area contributed by atoms with Crippen LogP contribution in [0.1, 0.15) is 32.4 Å². The highest BCUT2D eigenvalue weighted by atomic mass is 32.2. The lowest BCUT2D eigenvalue weighted by Crippen LogP contribution is -2.42. The molecule has 0 heterocycles. The van der Waals surface area contributed by atoms with Crippen molar-refractivity contribution in [1.29, 1.82) is 0 Å². The molecule has 0 aliphatic carbocycles. The highest BCUT2D eigenvalue weighted by molar-refractivity contribution is 7.89. The maximum absolute atomic E-state index is 12.1. The fourth-order valence-corrected chi connectivity index (χ4v) is 2.98. The number of hydrogen-bond donors (Lipinski definition) is 3. The van der Waals surface area contributed by atoms with E-state index in [-0.39, 0.29) is 18.5 Å². The SMILES string of the molecule is CC(C)OCCS(=O)(=O)NCC(=O)NC(c1ccccc1)C(C)C(=O)O. The number of carbonyl (C=O) groups excluding carboxylic acids is 1. The van der Waals surface area contributed by atoms with Gasteiger partial charge in [-0.15, -0.1) is 0 Å². The lowest BCUT2D eigenvalue weighted by Gasteiger charge is -2.23. The third-order valence-electron chi connectivity index (χ3n) is 3.62. The smallest absolute Gasteiger partial charge is 0.308 e. The van der Waals surface area contributed by atoms with E-state index in [4.69, 9.17) is 4.74 Å². The molecule has 3 N–H and O–H groups in total. The first-order chi connectivity index (χ1) is 12.1. The molecule has 0 aliphatic heterocycles. The monoisotopic (exact) mass is 386 g/mol. The van der Waals surface area contributed by atoms with E-state index in [0.29, 0.717) is 5.56 Å². The van der Waals surface area contributed by atoms with E-state index in [1.54, 1.807) is 44.2 Å². The maximum Gasteiger partial charge on any atom is 0.308 e. The summed E-state index contributed by atoms with van der Waals surface area (Å²) in [6.45, 7) is 4.62. The van der Waals surface area contributed by atoms with Crippen LogP contribution in [-0.2, 0) is 24.3 Å². The number of aliphatic carboxylic acids is 1. The van der Waals surface area contributed by atoms with E-state index in [2.05, 4.69) is 10.0 Å². The number of carboxylic acids is 1. The third-order valence-corrected chi connectivity index (χ3v) is 4.91. The number of benzene rings is 1. The Morgan fingerprint density at radius 2 is 1.77 bits per heavy atom. The predicted molar refractivity (Wildman–Crippen MR) is 97.0 cm³/mol. The van der Waals surface area contributed by atoms with Gasteiger partial charge < -0.3 is 15.2 Å². The number of sulfonamides is 1. The molecule has 0 fully saturated rings. The number of amides is 1. The minimum atomic E-state index is -3.66. The van der Waals surface area contributed by atoms with E-state index in [1.807, 2.05) is 0 Å². The van der Waals surface area contributed by atoms with Crippen LogP contribution in [0, 0.1) is 5.92 Å². The van der Waals surface area contributed by atoms with E-state index in [9.17, 15) is 23.1 Å². The number of nitrogens with one attached hydrogen (secondary N) is 2. The van der Waals surface area contributed by atoms with Gasteiger partial charge in [-0.2, -0.15) is 0 Å². The zero-order valence-corrected chi connectivity index (χ0v) is 16.0. The molecule has 146 valence electrons. The molecule has 1 aromatic carbocycles. The summed E-state index contributed by atoms with van der Waals surface area (Å²) in [5.74, 6) is -2.81. The number of rotatable bonds is 11. The molecule has 0 aromatic heterocycles. The summed E-state index contributed by atoms with van der Waals surface area (Å²) in [6, 6.07) is 7.90. The lowest BCUT2D eigenvalue weighted by atomic mass is 9.94. The van der Waals surface area contributed by atoms with Crippen LogP contribution in [0.5, 0.6) is 0 Å². The molecule has 1 aromatic rings. The first-order valence-corrected chi connectivity index (χ1v) is 9.93. The average Bonchev–Trinajstić information content (AvgIpc) is 2.57. The molecule has 1 amide bonds. The van der Waals surface area contributed by atoms with Crippen LogP contribution in [0.3, 0.4) is 0 Å². The van der Waals surface area contributed by atoms with Crippen molar-refractivity contribution in [2.45, 2.75) is 32.9 Å². The molecule has 0 aliphatic rings. The second-order valence-corrected chi connectivity index (χ2v) is 8.07. The van der Waals surface area contributed by atoms with Gasteiger partial charge in [0.2, 0.25) is 15.9 Å². The van der Waals surface area contributed by atoms with Crippen molar-refractivity contribution in [2.75, 3.05) is 18.9 Å². The van der Waals surface area contributed by atoms with Crippen molar-refractivity contribution < 1.29 is 27.9 Å². The zero-order valence-electron chi connectivity index (χ0n) is 15.1. The van der Waals surface area contributed by atoms with Crippen LogP contribution in [0.4, 0.5) is 0 Å². The van der Waals surface area contributed by atoms with Crippen molar-refractivity contribution in [3.05, 3.63) is 35.9 Å². The number of carboxylic acid groups (broad SMARTS) is 1. The first kappa shape index (κ1) is 22.1. The van der Waals surface area contributed by atoms with Crippen LogP contribution < -0.4 is 10.0 Å². The van der Waals surface area contributed by atoms with Gasteiger partial charge in [-0.1, -0.05) is 30.3 Å². The van der Waals surface area contributed by atoms with Crippen molar-refractivity contribution in [3.63, 3.8) is 0 Å². The standard InChI is InChI=1S/C17H26N2O6S/c1-12(2)25-9-10-26(23,24)18-11-15(20)19-16(13(3)17(21)22)14-7-5-4-6-8-14/h4-8,12-13,16,18H,9-11H2,1-3H3,(H,19,20)(H,21,22). The first-order valence-electron chi connectivity index (χ1n) is 8.28. The molecule has 0 saturated carbocycles. The molecule has 8 nitrogen and oxygen atoms in total. The molecule has 1 rings (SSSR count). The van der Waals surface area contributed by atoms with E-state index < -0.39 is 40.4 Å². The van der Waals surface area contributed by atoms with Crippen LogP contribution in [-0.4, -0.2) is 50.4 Å². The average molecular weight is 386 g/mol. The molecular weight excluding hydrogens is 360 g/mol. The maximum atomic E-state index is 12.1. The minimum absolute atomic E-state index is 0.0251. The van der Waals surface area contributed by atoms with Gasteiger partial charge in [-0.25, -0.2) is 13.1 Å². The molecule has 0 spiro atoms. The van der Waals surface area contributed by atoms with Gasteiger partial charge in [0.05, 0.1) is 37.0 Å². The highest BCUT2D eigenvalue weighted by Crippen LogP contribution is 2.21. The Morgan fingerprint density at radius 3 is 2.31 bits per heavy atom. The molecule has 0 radical (unpaired) electrons. The Bertz CT molecular complexity index is 690. The summed E-state index contributed by atoms with van der Waals surface area (Å²) in [5, 5.41) is 11.8. The summed E-state index contributed by atoms with van der Waals surface area (Å²) in [5.41, 5.74) is 0.629. The topological polar surface area (TPSA) is 122 Å². The van der Waals surface area contributed by atoms with Gasteiger partial charge in [-0.3, -0.25) is 9.59 Å². The van der Waals surface area contributed by atoms with Crippen molar-refractivity contribution in [3.8, 4) is 0 Å². The summed E-state index contributed by atoms with van der Waals surface area (Å²) >= 11 is 0. The molecule has 26 heavy (non-hydrogen) atoms.